The standard InChI is InChI=1S/C20H24O4/c1-5-21-17-8-7-15(9-13(17)3)14(4)16-10-19-20(24-12-23-19)11-18(16)22-6-2/h7-11,14H,5-6,12H2,1-4H3. The van der Waals surface area contributed by atoms with Gasteiger partial charge >= 0.3 is 0 Å². The first-order chi connectivity index (χ1) is 11.6. The van der Waals surface area contributed by atoms with Crippen LogP contribution in [0.2, 0.25) is 0 Å². The highest BCUT2D eigenvalue weighted by Crippen LogP contribution is 2.42. The summed E-state index contributed by atoms with van der Waals surface area (Å²) in [6.45, 7) is 9.78. The van der Waals surface area contributed by atoms with Crippen LogP contribution in [0.25, 0.3) is 0 Å². The maximum atomic E-state index is 5.84. The van der Waals surface area contributed by atoms with Gasteiger partial charge in [-0.1, -0.05) is 19.1 Å². The number of hydrogen-bond donors (Lipinski definition) is 0. The second-order valence-corrected chi connectivity index (χ2v) is 5.86. The van der Waals surface area contributed by atoms with Crippen molar-refractivity contribution in [2.45, 2.75) is 33.6 Å². The lowest BCUT2D eigenvalue weighted by Gasteiger charge is -2.19. The average Bonchev–Trinajstić information content (AvgIpc) is 3.03. The number of fused-ring (bicyclic) bond motifs is 1. The van der Waals surface area contributed by atoms with Crippen LogP contribution in [0.5, 0.6) is 23.0 Å². The largest absolute Gasteiger partial charge is 0.494 e. The second-order valence-electron chi connectivity index (χ2n) is 5.86. The molecule has 4 heteroatoms. The van der Waals surface area contributed by atoms with Gasteiger partial charge in [-0.3, -0.25) is 0 Å². The molecule has 1 aliphatic heterocycles. The molecule has 0 aliphatic carbocycles. The first-order valence-electron chi connectivity index (χ1n) is 8.43. The van der Waals surface area contributed by atoms with Crippen molar-refractivity contribution in [3.05, 3.63) is 47.0 Å². The molecule has 4 nitrogen and oxygen atoms in total. The van der Waals surface area contributed by atoms with Crippen LogP contribution >= 0.6 is 0 Å². The highest BCUT2D eigenvalue weighted by molar-refractivity contribution is 5.55. The summed E-state index contributed by atoms with van der Waals surface area (Å²) < 4.78 is 22.5. The van der Waals surface area contributed by atoms with Crippen molar-refractivity contribution in [3.63, 3.8) is 0 Å². The van der Waals surface area contributed by atoms with Gasteiger partial charge in [-0.25, -0.2) is 0 Å². The van der Waals surface area contributed by atoms with Crippen LogP contribution in [0.3, 0.4) is 0 Å². The fourth-order valence-electron chi connectivity index (χ4n) is 3.00. The fourth-order valence-corrected chi connectivity index (χ4v) is 3.00. The molecule has 1 unspecified atom stereocenters. The van der Waals surface area contributed by atoms with Crippen LogP contribution in [-0.4, -0.2) is 20.0 Å². The Balaban J connectivity index is 1.97. The molecule has 0 saturated carbocycles. The van der Waals surface area contributed by atoms with Crippen LogP contribution < -0.4 is 18.9 Å². The smallest absolute Gasteiger partial charge is 0.231 e. The third-order valence-corrected chi connectivity index (χ3v) is 4.27. The minimum atomic E-state index is 0.176. The highest BCUT2D eigenvalue weighted by Gasteiger charge is 2.22. The van der Waals surface area contributed by atoms with Gasteiger partial charge in [0.05, 0.1) is 13.2 Å². The summed E-state index contributed by atoms with van der Waals surface area (Å²) in [6, 6.07) is 10.3. The van der Waals surface area contributed by atoms with E-state index in [1.54, 1.807) is 0 Å². The highest BCUT2D eigenvalue weighted by atomic mass is 16.7. The van der Waals surface area contributed by atoms with Gasteiger partial charge in [0.15, 0.2) is 11.5 Å². The normalized spacial score (nSPS) is 13.7. The van der Waals surface area contributed by atoms with E-state index in [2.05, 4.69) is 26.0 Å². The lowest BCUT2D eigenvalue weighted by Crippen LogP contribution is -2.03. The number of benzene rings is 2. The van der Waals surface area contributed by atoms with E-state index >= 15 is 0 Å². The van der Waals surface area contributed by atoms with Crippen molar-refractivity contribution in [2.75, 3.05) is 20.0 Å². The second kappa shape index (κ2) is 7.04. The van der Waals surface area contributed by atoms with Gasteiger partial charge < -0.3 is 18.9 Å². The van der Waals surface area contributed by atoms with Crippen LogP contribution in [0.4, 0.5) is 0 Å². The summed E-state index contributed by atoms with van der Waals surface area (Å²) in [5.41, 5.74) is 3.46. The van der Waals surface area contributed by atoms with Crippen LogP contribution in [0.1, 0.15) is 43.4 Å². The quantitative estimate of drug-likeness (QED) is 0.772. The summed E-state index contributed by atoms with van der Waals surface area (Å²) in [5, 5.41) is 0. The summed E-state index contributed by atoms with van der Waals surface area (Å²) in [7, 11) is 0. The monoisotopic (exact) mass is 328 g/mol. The van der Waals surface area contributed by atoms with Gasteiger partial charge in [0.2, 0.25) is 6.79 Å². The van der Waals surface area contributed by atoms with Crippen LogP contribution in [0.15, 0.2) is 30.3 Å². The predicted octanol–water partition coefficient (Wildman–Crippen LogP) is 4.67. The predicted molar refractivity (Wildman–Crippen MR) is 93.6 cm³/mol. The Morgan fingerprint density at radius 1 is 0.958 bits per heavy atom. The summed E-state index contributed by atoms with van der Waals surface area (Å²) in [5.74, 6) is 3.49. The molecule has 2 aromatic rings. The van der Waals surface area contributed by atoms with Crippen molar-refractivity contribution in [3.8, 4) is 23.0 Å². The molecule has 24 heavy (non-hydrogen) atoms. The first-order valence-corrected chi connectivity index (χ1v) is 8.43. The molecule has 1 heterocycles. The van der Waals surface area contributed by atoms with Gasteiger partial charge in [0, 0.05) is 17.5 Å². The van der Waals surface area contributed by atoms with E-state index in [0.29, 0.717) is 13.2 Å². The van der Waals surface area contributed by atoms with Crippen molar-refractivity contribution < 1.29 is 18.9 Å². The summed E-state index contributed by atoms with van der Waals surface area (Å²) in [4.78, 5) is 0. The molecular formula is C20H24O4. The van der Waals surface area contributed by atoms with E-state index in [1.165, 1.54) is 5.56 Å². The molecular weight excluding hydrogens is 304 g/mol. The fraction of sp³-hybridized carbons (Fsp3) is 0.400. The Hall–Kier alpha value is -2.36. The van der Waals surface area contributed by atoms with E-state index in [0.717, 1.165) is 34.1 Å². The lowest BCUT2D eigenvalue weighted by molar-refractivity contribution is 0.173. The molecule has 1 atom stereocenters. The van der Waals surface area contributed by atoms with Crippen molar-refractivity contribution in [1.29, 1.82) is 0 Å². The van der Waals surface area contributed by atoms with Gasteiger partial charge in [0.25, 0.3) is 0 Å². The minimum Gasteiger partial charge on any atom is -0.494 e. The Morgan fingerprint density at radius 3 is 2.29 bits per heavy atom. The van der Waals surface area contributed by atoms with Crippen molar-refractivity contribution in [1.82, 2.24) is 0 Å². The molecule has 0 saturated heterocycles. The molecule has 2 aromatic carbocycles. The van der Waals surface area contributed by atoms with Gasteiger partial charge in [0.1, 0.15) is 11.5 Å². The Kier molecular flexibility index (Phi) is 4.84. The van der Waals surface area contributed by atoms with E-state index in [9.17, 15) is 0 Å². The maximum Gasteiger partial charge on any atom is 0.231 e. The molecule has 0 fully saturated rings. The molecule has 1 aliphatic rings. The number of hydrogen-bond acceptors (Lipinski definition) is 4. The van der Waals surface area contributed by atoms with Crippen LogP contribution in [-0.2, 0) is 0 Å². The summed E-state index contributed by atoms with van der Waals surface area (Å²) in [6.07, 6.45) is 0. The lowest BCUT2D eigenvalue weighted by atomic mass is 9.91. The first kappa shape index (κ1) is 16.5. The van der Waals surface area contributed by atoms with Crippen molar-refractivity contribution in [2.24, 2.45) is 0 Å². The van der Waals surface area contributed by atoms with E-state index < -0.39 is 0 Å². The van der Waals surface area contributed by atoms with Crippen molar-refractivity contribution >= 4 is 0 Å². The number of aryl methyl sites for hydroxylation is 1. The third-order valence-electron chi connectivity index (χ3n) is 4.27. The zero-order valence-electron chi connectivity index (χ0n) is 14.7. The van der Waals surface area contributed by atoms with Gasteiger partial charge in [-0.2, -0.15) is 0 Å². The Labute approximate surface area is 143 Å². The van der Waals surface area contributed by atoms with Gasteiger partial charge in [-0.05, 0) is 44.0 Å². The van der Waals surface area contributed by atoms with E-state index in [1.807, 2.05) is 32.0 Å². The number of ether oxygens (including phenoxy) is 4. The molecule has 0 bridgehead atoms. The Bertz CT molecular complexity index is 724. The molecule has 128 valence electrons. The molecule has 0 radical (unpaired) electrons. The summed E-state index contributed by atoms with van der Waals surface area (Å²) >= 11 is 0. The zero-order valence-corrected chi connectivity index (χ0v) is 14.7. The van der Waals surface area contributed by atoms with Gasteiger partial charge in [-0.15, -0.1) is 0 Å². The molecule has 3 rings (SSSR count). The van der Waals surface area contributed by atoms with Crippen LogP contribution in [0, 0.1) is 6.92 Å². The Morgan fingerprint density at radius 2 is 1.62 bits per heavy atom. The zero-order chi connectivity index (χ0) is 17.1. The molecule has 0 spiro atoms. The van der Waals surface area contributed by atoms with E-state index in [-0.39, 0.29) is 12.7 Å². The third kappa shape index (κ3) is 3.14. The minimum absolute atomic E-state index is 0.176. The molecule has 0 N–H and O–H groups in total. The average molecular weight is 328 g/mol. The maximum absolute atomic E-state index is 5.84. The van der Waals surface area contributed by atoms with E-state index in [4.69, 9.17) is 18.9 Å². The number of rotatable bonds is 6. The SMILES string of the molecule is CCOc1ccc(C(C)c2cc3c(cc2OCC)OCO3)cc1C. The molecule has 0 aromatic heterocycles. The molecule has 0 amide bonds. The topological polar surface area (TPSA) is 36.9 Å².